The molecule has 0 bridgehead atoms. The van der Waals surface area contributed by atoms with Crippen molar-refractivity contribution in [3.8, 4) is 12.4 Å². The maximum absolute atomic E-state index is 8.96. The number of nitrogens with zero attached hydrogens (tertiary/aromatic N) is 3. The predicted molar refractivity (Wildman–Crippen MR) is 59.0 cm³/mol. The summed E-state index contributed by atoms with van der Waals surface area (Å²) in [6.07, 6.45) is 5.84. The Kier molecular flexibility index (Phi) is 2.97. The Morgan fingerprint density at radius 3 is 2.50 bits per heavy atom. The molecule has 1 aliphatic rings. The molecule has 1 atom stereocenters. The number of allylic oxidation sites excluding steroid dienone is 1. The van der Waals surface area contributed by atoms with Gasteiger partial charge in [-0.2, -0.15) is 10.5 Å². The third kappa shape index (κ3) is 2.18. The van der Waals surface area contributed by atoms with E-state index in [2.05, 4.69) is 16.0 Å². The van der Waals surface area contributed by atoms with E-state index in [0.717, 1.165) is 5.70 Å². The standard InChI is InChI=1S/C10H16N6/c1-8-5-9(2,3)15-10(14-8,13-6-11)16(4)7-12/h5,13-15H,1-4H3. The van der Waals surface area contributed by atoms with E-state index in [9.17, 15) is 0 Å². The van der Waals surface area contributed by atoms with Crippen LogP contribution in [0.5, 0.6) is 0 Å². The van der Waals surface area contributed by atoms with Crippen LogP contribution in [0.1, 0.15) is 20.8 Å². The van der Waals surface area contributed by atoms with Crippen LogP contribution in [0.4, 0.5) is 0 Å². The van der Waals surface area contributed by atoms with Crippen LogP contribution in [-0.4, -0.2) is 23.4 Å². The highest BCUT2D eigenvalue weighted by Gasteiger charge is 2.41. The van der Waals surface area contributed by atoms with Gasteiger partial charge in [-0.3, -0.25) is 10.2 Å². The van der Waals surface area contributed by atoms with E-state index in [1.807, 2.05) is 39.2 Å². The average Bonchev–Trinajstić information content (AvgIpc) is 2.13. The number of rotatable bonds is 2. The summed E-state index contributed by atoms with van der Waals surface area (Å²) in [7, 11) is 1.60. The van der Waals surface area contributed by atoms with Crippen molar-refractivity contribution in [3.63, 3.8) is 0 Å². The van der Waals surface area contributed by atoms with Gasteiger partial charge >= 0.3 is 0 Å². The van der Waals surface area contributed by atoms with Gasteiger partial charge in [-0.25, -0.2) is 5.32 Å². The fourth-order valence-corrected chi connectivity index (χ4v) is 1.87. The Bertz CT molecular complexity index is 385. The largest absolute Gasteiger partial charge is 0.336 e. The minimum absolute atomic E-state index is 0.315. The number of nitrogens with one attached hydrogen (secondary N) is 3. The van der Waals surface area contributed by atoms with Gasteiger partial charge in [-0.1, -0.05) is 0 Å². The van der Waals surface area contributed by atoms with Gasteiger partial charge in [0.15, 0.2) is 12.4 Å². The lowest BCUT2D eigenvalue weighted by Crippen LogP contribution is -2.77. The molecule has 0 aromatic carbocycles. The minimum atomic E-state index is -1.06. The molecule has 1 heterocycles. The lowest BCUT2D eigenvalue weighted by Gasteiger charge is -2.47. The van der Waals surface area contributed by atoms with Crippen molar-refractivity contribution in [3.05, 3.63) is 11.8 Å². The van der Waals surface area contributed by atoms with Gasteiger partial charge in [-0.15, -0.1) is 0 Å². The minimum Gasteiger partial charge on any atom is -0.336 e. The summed E-state index contributed by atoms with van der Waals surface area (Å²) in [4.78, 5) is 1.33. The second kappa shape index (κ2) is 3.92. The van der Waals surface area contributed by atoms with Crippen molar-refractivity contribution in [2.75, 3.05) is 7.05 Å². The molecular formula is C10H16N6. The normalized spacial score (nSPS) is 26.8. The van der Waals surface area contributed by atoms with Gasteiger partial charge in [0.2, 0.25) is 0 Å². The Hall–Kier alpha value is -1.92. The van der Waals surface area contributed by atoms with Crippen molar-refractivity contribution >= 4 is 0 Å². The molecule has 0 saturated carbocycles. The Labute approximate surface area is 95.5 Å². The van der Waals surface area contributed by atoms with E-state index < -0.39 is 5.91 Å². The fourth-order valence-electron chi connectivity index (χ4n) is 1.87. The monoisotopic (exact) mass is 220 g/mol. The summed E-state index contributed by atoms with van der Waals surface area (Å²) in [6.45, 7) is 5.83. The molecule has 0 radical (unpaired) electrons. The highest BCUT2D eigenvalue weighted by Crippen LogP contribution is 2.19. The maximum Gasteiger partial charge on any atom is 0.265 e. The summed E-state index contributed by atoms with van der Waals surface area (Å²) in [6, 6.07) is 0. The van der Waals surface area contributed by atoms with E-state index in [1.165, 1.54) is 4.90 Å². The summed E-state index contributed by atoms with van der Waals surface area (Å²) in [5.41, 5.74) is 0.582. The average molecular weight is 220 g/mol. The number of nitriles is 2. The summed E-state index contributed by atoms with van der Waals surface area (Å²) in [5, 5.41) is 26.6. The first-order valence-corrected chi connectivity index (χ1v) is 4.92. The molecule has 3 N–H and O–H groups in total. The van der Waals surface area contributed by atoms with Crippen molar-refractivity contribution in [2.45, 2.75) is 32.2 Å². The first kappa shape index (κ1) is 12.2. The van der Waals surface area contributed by atoms with E-state index in [4.69, 9.17) is 10.5 Å². The van der Waals surface area contributed by atoms with Crippen LogP contribution >= 0.6 is 0 Å². The zero-order valence-corrected chi connectivity index (χ0v) is 9.92. The molecule has 0 amide bonds. The SMILES string of the molecule is CC1=CC(C)(C)NC(NC#N)(N(C)C#N)N1. The Morgan fingerprint density at radius 2 is 2.06 bits per heavy atom. The van der Waals surface area contributed by atoms with E-state index >= 15 is 0 Å². The van der Waals surface area contributed by atoms with Gasteiger partial charge < -0.3 is 5.32 Å². The van der Waals surface area contributed by atoms with Crippen LogP contribution in [0.25, 0.3) is 0 Å². The summed E-state index contributed by atoms with van der Waals surface area (Å²) >= 11 is 0. The zero-order valence-electron chi connectivity index (χ0n) is 9.92. The van der Waals surface area contributed by atoms with Crippen LogP contribution in [-0.2, 0) is 0 Å². The molecule has 0 spiro atoms. The molecule has 0 aliphatic carbocycles. The quantitative estimate of drug-likeness (QED) is 0.344. The van der Waals surface area contributed by atoms with E-state index in [-0.39, 0.29) is 5.54 Å². The topological polar surface area (TPSA) is 86.9 Å². The second-order valence-electron chi connectivity index (χ2n) is 4.41. The molecule has 0 aromatic heterocycles. The molecule has 1 aliphatic heterocycles. The van der Waals surface area contributed by atoms with Crippen LogP contribution in [0.3, 0.4) is 0 Å². The molecule has 86 valence electrons. The highest BCUT2D eigenvalue weighted by molar-refractivity contribution is 5.18. The van der Waals surface area contributed by atoms with Crippen molar-refractivity contribution < 1.29 is 0 Å². The molecule has 1 unspecified atom stereocenters. The number of hydrogen-bond acceptors (Lipinski definition) is 6. The molecule has 6 heteroatoms. The van der Waals surface area contributed by atoms with Gasteiger partial charge in [0.05, 0.1) is 0 Å². The maximum atomic E-state index is 8.96. The van der Waals surface area contributed by atoms with Crippen molar-refractivity contribution in [2.24, 2.45) is 0 Å². The van der Waals surface area contributed by atoms with Crippen molar-refractivity contribution in [1.29, 1.82) is 10.5 Å². The van der Waals surface area contributed by atoms with Gasteiger partial charge in [0.25, 0.3) is 5.91 Å². The van der Waals surface area contributed by atoms with Gasteiger partial charge in [0, 0.05) is 18.3 Å². The highest BCUT2D eigenvalue weighted by atomic mass is 15.6. The molecule has 0 fully saturated rings. The summed E-state index contributed by atoms with van der Waals surface area (Å²) < 4.78 is 0. The lowest BCUT2D eigenvalue weighted by molar-refractivity contribution is 0.0499. The predicted octanol–water partition coefficient (Wildman–Crippen LogP) is -0.0435. The fraction of sp³-hybridized carbons (Fsp3) is 0.600. The Morgan fingerprint density at radius 1 is 1.44 bits per heavy atom. The van der Waals surface area contributed by atoms with Crippen LogP contribution < -0.4 is 16.0 Å². The second-order valence-corrected chi connectivity index (χ2v) is 4.41. The van der Waals surface area contributed by atoms with Gasteiger partial charge in [0.1, 0.15) is 0 Å². The smallest absolute Gasteiger partial charge is 0.265 e. The zero-order chi connectivity index (χ0) is 12.4. The van der Waals surface area contributed by atoms with Crippen LogP contribution in [0, 0.1) is 22.9 Å². The Balaban J connectivity index is 3.12. The third-order valence-electron chi connectivity index (χ3n) is 2.35. The first-order chi connectivity index (χ1) is 7.35. The van der Waals surface area contributed by atoms with E-state index in [0.29, 0.717) is 0 Å². The number of hydrogen-bond donors (Lipinski definition) is 3. The van der Waals surface area contributed by atoms with Crippen LogP contribution in [0.2, 0.25) is 0 Å². The van der Waals surface area contributed by atoms with Gasteiger partial charge in [-0.05, 0) is 26.8 Å². The van der Waals surface area contributed by atoms with Crippen molar-refractivity contribution in [1.82, 2.24) is 20.9 Å². The molecule has 6 nitrogen and oxygen atoms in total. The molecule has 16 heavy (non-hydrogen) atoms. The molecular weight excluding hydrogens is 204 g/mol. The third-order valence-corrected chi connectivity index (χ3v) is 2.35. The molecule has 0 aromatic rings. The van der Waals surface area contributed by atoms with E-state index in [1.54, 1.807) is 7.05 Å². The molecule has 1 rings (SSSR count). The van der Waals surface area contributed by atoms with Crippen LogP contribution in [0.15, 0.2) is 11.8 Å². The lowest BCUT2D eigenvalue weighted by atomic mass is 10.0. The molecule has 0 saturated heterocycles. The first-order valence-electron chi connectivity index (χ1n) is 4.92. The summed E-state index contributed by atoms with van der Waals surface area (Å²) in [5.74, 6) is -1.06.